The zero-order chi connectivity index (χ0) is 10.2. The number of unbranched alkanes of at least 4 members (excludes halogenated alkanes) is 2. The second kappa shape index (κ2) is 6.85. The Morgan fingerprint density at radius 2 is 2.29 bits per heavy atom. The number of ether oxygens (including phenoxy) is 1. The van der Waals surface area contributed by atoms with Crippen LogP contribution in [-0.4, -0.2) is 13.1 Å². The number of halogens is 1. The molecule has 2 nitrogen and oxygen atoms in total. The zero-order valence-corrected chi connectivity index (χ0v) is 9.44. The van der Waals surface area contributed by atoms with Gasteiger partial charge in [-0.05, 0) is 37.1 Å². The predicted octanol–water partition coefficient (Wildman–Crippen LogP) is 3.29. The SMILES string of the molecule is O=COCCCCCc1sccc1Cl. The third-order valence-electron chi connectivity index (χ3n) is 1.93. The summed E-state index contributed by atoms with van der Waals surface area (Å²) in [6.45, 7) is 1.03. The number of aryl methyl sites for hydroxylation is 1. The van der Waals surface area contributed by atoms with Gasteiger partial charge in [0.25, 0.3) is 6.47 Å². The van der Waals surface area contributed by atoms with E-state index in [1.807, 2.05) is 11.4 Å². The lowest BCUT2D eigenvalue weighted by Crippen LogP contribution is -1.92. The van der Waals surface area contributed by atoms with Crippen molar-refractivity contribution in [1.82, 2.24) is 0 Å². The first-order chi connectivity index (χ1) is 6.84. The summed E-state index contributed by atoms with van der Waals surface area (Å²) in [6, 6.07) is 1.93. The Labute approximate surface area is 92.8 Å². The lowest BCUT2D eigenvalue weighted by Gasteiger charge is -1.99. The van der Waals surface area contributed by atoms with Gasteiger partial charge in [-0.2, -0.15) is 0 Å². The molecule has 0 N–H and O–H groups in total. The summed E-state index contributed by atoms with van der Waals surface area (Å²) < 4.78 is 4.59. The molecule has 4 heteroatoms. The number of hydrogen-bond acceptors (Lipinski definition) is 3. The van der Waals surface area contributed by atoms with E-state index in [1.54, 1.807) is 11.3 Å². The van der Waals surface area contributed by atoms with Crippen LogP contribution in [-0.2, 0) is 16.0 Å². The minimum atomic E-state index is 0.496. The fraction of sp³-hybridized carbons (Fsp3) is 0.500. The Hall–Kier alpha value is -0.540. The number of carbonyl (C=O) groups excluding carboxylic acids is 1. The molecule has 0 amide bonds. The molecule has 0 aliphatic heterocycles. The molecule has 0 saturated carbocycles. The van der Waals surface area contributed by atoms with E-state index in [-0.39, 0.29) is 0 Å². The molecule has 0 saturated heterocycles. The van der Waals surface area contributed by atoms with Gasteiger partial charge in [-0.15, -0.1) is 11.3 Å². The molecule has 1 rings (SSSR count). The molecule has 1 aromatic heterocycles. The van der Waals surface area contributed by atoms with Crippen LogP contribution >= 0.6 is 22.9 Å². The summed E-state index contributed by atoms with van der Waals surface area (Å²) in [5.41, 5.74) is 0. The van der Waals surface area contributed by atoms with Gasteiger partial charge in [-0.25, -0.2) is 0 Å². The Kier molecular flexibility index (Phi) is 5.64. The highest BCUT2D eigenvalue weighted by Crippen LogP contribution is 2.23. The summed E-state index contributed by atoms with van der Waals surface area (Å²) in [6.07, 6.45) is 4.13. The first kappa shape index (κ1) is 11.5. The fourth-order valence-electron chi connectivity index (χ4n) is 1.20. The van der Waals surface area contributed by atoms with Crippen LogP contribution in [0.2, 0.25) is 5.02 Å². The molecule has 14 heavy (non-hydrogen) atoms. The maximum Gasteiger partial charge on any atom is 0.293 e. The highest BCUT2D eigenvalue weighted by molar-refractivity contribution is 7.10. The van der Waals surface area contributed by atoms with Gasteiger partial charge in [0.1, 0.15) is 0 Å². The summed E-state index contributed by atoms with van der Waals surface area (Å²) in [5, 5.41) is 2.88. The van der Waals surface area contributed by atoms with Crippen molar-refractivity contribution in [2.45, 2.75) is 25.7 Å². The van der Waals surface area contributed by atoms with Crippen molar-refractivity contribution in [3.8, 4) is 0 Å². The van der Waals surface area contributed by atoms with Gasteiger partial charge in [0.15, 0.2) is 0 Å². The molecule has 0 spiro atoms. The summed E-state index contributed by atoms with van der Waals surface area (Å²) in [5.74, 6) is 0. The first-order valence-corrected chi connectivity index (χ1v) is 5.87. The average molecular weight is 233 g/mol. The molecular formula is C10H13ClO2S. The Morgan fingerprint density at radius 3 is 2.93 bits per heavy atom. The van der Waals surface area contributed by atoms with Crippen LogP contribution in [0.4, 0.5) is 0 Å². The second-order valence-corrected chi connectivity index (χ2v) is 4.38. The summed E-state index contributed by atoms with van der Waals surface area (Å²) >= 11 is 7.64. The maximum atomic E-state index is 9.83. The third-order valence-corrected chi connectivity index (χ3v) is 3.37. The molecule has 0 radical (unpaired) electrons. The summed E-state index contributed by atoms with van der Waals surface area (Å²) in [4.78, 5) is 11.1. The normalized spacial score (nSPS) is 10.1. The first-order valence-electron chi connectivity index (χ1n) is 4.61. The van der Waals surface area contributed by atoms with Crippen molar-refractivity contribution in [2.75, 3.05) is 6.61 Å². The smallest absolute Gasteiger partial charge is 0.293 e. The predicted molar refractivity (Wildman–Crippen MR) is 58.9 cm³/mol. The molecule has 0 atom stereocenters. The molecule has 0 unspecified atom stereocenters. The molecule has 0 aliphatic carbocycles. The molecule has 0 aromatic carbocycles. The van der Waals surface area contributed by atoms with Crippen LogP contribution in [0, 0.1) is 0 Å². The van der Waals surface area contributed by atoms with Crippen LogP contribution in [0.1, 0.15) is 24.1 Å². The van der Waals surface area contributed by atoms with Gasteiger partial charge < -0.3 is 4.74 Å². The van der Waals surface area contributed by atoms with E-state index >= 15 is 0 Å². The van der Waals surface area contributed by atoms with Crippen molar-refractivity contribution in [3.63, 3.8) is 0 Å². The largest absolute Gasteiger partial charge is 0.468 e. The van der Waals surface area contributed by atoms with Gasteiger partial charge in [0, 0.05) is 4.88 Å². The molecule has 0 fully saturated rings. The van der Waals surface area contributed by atoms with Crippen LogP contribution < -0.4 is 0 Å². The molecule has 1 heterocycles. The monoisotopic (exact) mass is 232 g/mol. The highest BCUT2D eigenvalue weighted by atomic mass is 35.5. The van der Waals surface area contributed by atoms with E-state index in [2.05, 4.69) is 4.74 Å². The third kappa shape index (κ3) is 4.11. The second-order valence-electron chi connectivity index (χ2n) is 2.97. The van der Waals surface area contributed by atoms with Crippen LogP contribution in [0.3, 0.4) is 0 Å². The summed E-state index contributed by atoms with van der Waals surface area (Å²) in [7, 11) is 0. The van der Waals surface area contributed by atoms with Crippen molar-refractivity contribution < 1.29 is 9.53 Å². The quantitative estimate of drug-likeness (QED) is 0.533. The van der Waals surface area contributed by atoms with Gasteiger partial charge >= 0.3 is 0 Å². The molecule has 0 aliphatic rings. The maximum absolute atomic E-state index is 9.83. The number of carbonyl (C=O) groups is 1. The van der Waals surface area contributed by atoms with Gasteiger partial charge in [0.05, 0.1) is 11.6 Å². The molecule has 78 valence electrons. The van der Waals surface area contributed by atoms with Crippen molar-refractivity contribution >= 4 is 29.4 Å². The lowest BCUT2D eigenvalue weighted by molar-refractivity contribution is -0.128. The van der Waals surface area contributed by atoms with E-state index in [0.717, 1.165) is 30.7 Å². The topological polar surface area (TPSA) is 26.3 Å². The van der Waals surface area contributed by atoms with Gasteiger partial charge in [-0.3, -0.25) is 4.79 Å². The van der Waals surface area contributed by atoms with Crippen molar-refractivity contribution in [3.05, 3.63) is 21.3 Å². The molecule has 1 aromatic rings. The highest BCUT2D eigenvalue weighted by Gasteiger charge is 2.00. The van der Waals surface area contributed by atoms with Crippen molar-refractivity contribution in [2.24, 2.45) is 0 Å². The van der Waals surface area contributed by atoms with E-state index in [0.29, 0.717) is 13.1 Å². The Bertz CT molecular complexity index is 273. The number of rotatable bonds is 7. The zero-order valence-electron chi connectivity index (χ0n) is 7.87. The van der Waals surface area contributed by atoms with Gasteiger partial charge in [-0.1, -0.05) is 11.6 Å². The minimum absolute atomic E-state index is 0.496. The number of thiophene rings is 1. The van der Waals surface area contributed by atoms with Crippen LogP contribution in [0.25, 0.3) is 0 Å². The van der Waals surface area contributed by atoms with Crippen LogP contribution in [0.5, 0.6) is 0 Å². The van der Waals surface area contributed by atoms with E-state index < -0.39 is 0 Å². The van der Waals surface area contributed by atoms with Gasteiger partial charge in [0.2, 0.25) is 0 Å². The van der Waals surface area contributed by atoms with Crippen molar-refractivity contribution in [1.29, 1.82) is 0 Å². The lowest BCUT2D eigenvalue weighted by atomic mass is 10.2. The van der Waals surface area contributed by atoms with E-state index in [1.165, 1.54) is 4.88 Å². The minimum Gasteiger partial charge on any atom is -0.468 e. The number of hydrogen-bond donors (Lipinski definition) is 0. The van der Waals surface area contributed by atoms with E-state index in [9.17, 15) is 4.79 Å². The Morgan fingerprint density at radius 1 is 1.43 bits per heavy atom. The molecule has 0 bridgehead atoms. The van der Waals surface area contributed by atoms with E-state index in [4.69, 9.17) is 11.6 Å². The standard InChI is InChI=1S/C10H13ClO2S/c11-9-5-7-14-10(9)4-2-1-3-6-13-8-12/h5,7-8H,1-4,6H2. The molecular weight excluding hydrogens is 220 g/mol. The Balaban J connectivity index is 2.04. The average Bonchev–Trinajstić information content (AvgIpc) is 2.58. The fourth-order valence-corrected chi connectivity index (χ4v) is 2.38. The van der Waals surface area contributed by atoms with Crippen LogP contribution in [0.15, 0.2) is 11.4 Å².